The topological polar surface area (TPSA) is 29.5 Å². The zero-order valence-electron chi connectivity index (χ0n) is 5.21. The van der Waals surface area contributed by atoms with Crippen LogP contribution in [0.2, 0.25) is 0 Å². The lowest BCUT2D eigenvalue weighted by molar-refractivity contribution is 0.185. The molecular formula is C6H11O2P. The van der Waals surface area contributed by atoms with E-state index in [0.717, 1.165) is 12.8 Å². The molecule has 2 atom stereocenters. The fraction of sp³-hybridized carbons (Fsp3) is 0.667. The molecule has 2 unspecified atom stereocenters. The Bertz CT molecular complexity index is 122. The van der Waals surface area contributed by atoms with Crippen LogP contribution in [0.3, 0.4) is 0 Å². The van der Waals surface area contributed by atoms with Crippen molar-refractivity contribution in [3.63, 3.8) is 0 Å². The average Bonchev–Trinajstić information content (AvgIpc) is 2.17. The van der Waals surface area contributed by atoms with Crippen LogP contribution < -0.4 is 0 Å². The lowest BCUT2D eigenvalue weighted by atomic mass is 10.2. The second-order valence-electron chi connectivity index (χ2n) is 2.27. The van der Waals surface area contributed by atoms with E-state index in [1.807, 2.05) is 6.08 Å². The van der Waals surface area contributed by atoms with Gasteiger partial charge in [-0.05, 0) is 18.4 Å². The van der Waals surface area contributed by atoms with Gasteiger partial charge < -0.3 is 9.63 Å². The van der Waals surface area contributed by atoms with E-state index < -0.39 is 0 Å². The maximum Gasteiger partial charge on any atom is 0.0713 e. The first-order valence-corrected chi connectivity index (χ1v) is 3.47. The molecule has 0 aromatic carbocycles. The molecule has 9 heavy (non-hydrogen) atoms. The van der Waals surface area contributed by atoms with Crippen LogP contribution >= 0.6 is 9.47 Å². The molecule has 0 amide bonds. The summed E-state index contributed by atoms with van der Waals surface area (Å²) in [4.78, 5) is 0. The Morgan fingerprint density at radius 1 is 1.89 bits per heavy atom. The highest BCUT2D eigenvalue weighted by Gasteiger charge is 2.12. The number of hydrogen-bond donors (Lipinski definition) is 1. The van der Waals surface area contributed by atoms with Crippen molar-refractivity contribution in [2.75, 3.05) is 6.61 Å². The van der Waals surface area contributed by atoms with Gasteiger partial charge in [-0.25, -0.2) is 0 Å². The third-order valence-corrected chi connectivity index (χ3v) is 1.61. The zero-order valence-corrected chi connectivity index (χ0v) is 6.36. The molecule has 0 fully saturated rings. The summed E-state index contributed by atoms with van der Waals surface area (Å²) in [5, 5.41) is 9.01. The second-order valence-corrected chi connectivity index (χ2v) is 2.60. The quantitative estimate of drug-likeness (QED) is 0.462. The van der Waals surface area contributed by atoms with Gasteiger partial charge in [-0.3, -0.25) is 0 Å². The van der Waals surface area contributed by atoms with Crippen molar-refractivity contribution in [3.8, 4) is 0 Å². The van der Waals surface area contributed by atoms with Crippen LogP contribution in [-0.2, 0) is 4.52 Å². The molecule has 2 nitrogen and oxygen atoms in total. The van der Waals surface area contributed by atoms with Gasteiger partial charge >= 0.3 is 0 Å². The molecule has 0 bridgehead atoms. The van der Waals surface area contributed by atoms with Crippen molar-refractivity contribution >= 4 is 9.47 Å². The molecule has 1 N–H and O–H groups in total. The summed E-state index contributed by atoms with van der Waals surface area (Å²) in [6.07, 6.45) is 3.46. The van der Waals surface area contributed by atoms with Gasteiger partial charge in [-0.1, -0.05) is 6.08 Å². The van der Waals surface area contributed by atoms with E-state index in [1.165, 1.54) is 5.57 Å². The summed E-state index contributed by atoms with van der Waals surface area (Å²) in [6, 6.07) is 0. The normalized spacial score (nSPS) is 26.4. The lowest BCUT2D eigenvalue weighted by Gasteiger charge is -1.99. The third kappa shape index (κ3) is 2.05. The number of aliphatic hydroxyl groups is 1. The van der Waals surface area contributed by atoms with Crippen LogP contribution in [0.15, 0.2) is 11.6 Å². The van der Waals surface area contributed by atoms with E-state index in [1.54, 1.807) is 0 Å². The van der Waals surface area contributed by atoms with Crippen molar-refractivity contribution < 1.29 is 9.63 Å². The van der Waals surface area contributed by atoms with Crippen molar-refractivity contribution in [3.05, 3.63) is 11.6 Å². The van der Waals surface area contributed by atoms with Gasteiger partial charge in [0.25, 0.3) is 0 Å². The molecule has 1 aliphatic rings. The minimum Gasteiger partial charge on any atom is -0.392 e. The summed E-state index contributed by atoms with van der Waals surface area (Å²) in [5.41, 5.74) is 1.21. The first-order chi connectivity index (χ1) is 4.33. The molecule has 0 saturated heterocycles. The summed E-state index contributed by atoms with van der Waals surface area (Å²) >= 11 is 0. The van der Waals surface area contributed by atoms with Crippen LogP contribution in [0.25, 0.3) is 0 Å². The largest absolute Gasteiger partial charge is 0.392 e. The third-order valence-electron chi connectivity index (χ3n) is 1.45. The molecule has 3 heteroatoms. The van der Waals surface area contributed by atoms with Crippen LogP contribution in [0, 0.1) is 0 Å². The van der Waals surface area contributed by atoms with Gasteiger partial charge in [0.05, 0.1) is 12.7 Å². The Kier molecular flexibility index (Phi) is 2.65. The van der Waals surface area contributed by atoms with E-state index >= 15 is 0 Å². The van der Waals surface area contributed by atoms with Crippen LogP contribution in [-0.4, -0.2) is 17.8 Å². The molecule has 0 heterocycles. The SMILES string of the molecule is OC1CC=C(COP)C1. The highest BCUT2D eigenvalue weighted by Crippen LogP contribution is 2.18. The first-order valence-electron chi connectivity index (χ1n) is 3.00. The van der Waals surface area contributed by atoms with Gasteiger partial charge in [0.15, 0.2) is 0 Å². The Morgan fingerprint density at radius 2 is 2.67 bits per heavy atom. The fourth-order valence-electron chi connectivity index (χ4n) is 0.997. The number of hydrogen-bond acceptors (Lipinski definition) is 2. The number of rotatable bonds is 2. The smallest absolute Gasteiger partial charge is 0.0713 e. The fourth-order valence-corrected chi connectivity index (χ4v) is 1.21. The highest BCUT2D eigenvalue weighted by molar-refractivity contribution is 7.09. The van der Waals surface area contributed by atoms with Crippen LogP contribution in [0.4, 0.5) is 0 Å². The molecule has 0 saturated carbocycles. The first kappa shape index (κ1) is 7.20. The Hall–Kier alpha value is 0.0900. The van der Waals surface area contributed by atoms with Crippen LogP contribution in [0.5, 0.6) is 0 Å². The molecule has 1 rings (SSSR count). The average molecular weight is 146 g/mol. The van der Waals surface area contributed by atoms with E-state index in [4.69, 9.17) is 9.63 Å². The van der Waals surface area contributed by atoms with Crippen molar-refractivity contribution in [2.24, 2.45) is 0 Å². The van der Waals surface area contributed by atoms with Gasteiger partial charge in [-0.15, -0.1) is 0 Å². The van der Waals surface area contributed by atoms with Crippen LogP contribution in [0.1, 0.15) is 12.8 Å². The summed E-state index contributed by atoms with van der Waals surface area (Å²) in [5.74, 6) is 0. The predicted molar refractivity (Wildman–Crippen MR) is 39.0 cm³/mol. The highest BCUT2D eigenvalue weighted by atomic mass is 31.0. The van der Waals surface area contributed by atoms with E-state index in [-0.39, 0.29) is 6.10 Å². The molecule has 0 aromatic rings. The summed E-state index contributed by atoms with van der Waals surface area (Å²) < 4.78 is 4.81. The number of aliphatic hydroxyl groups excluding tert-OH is 1. The van der Waals surface area contributed by atoms with Crippen molar-refractivity contribution in [1.29, 1.82) is 0 Å². The van der Waals surface area contributed by atoms with Crippen molar-refractivity contribution in [2.45, 2.75) is 18.9 Å². The van der Waals surface area contributed by atoms with E-state index in [2.05, 4.69) is 9.47 Å². The Balaban J connectivity index is 2.27. The van der Waals surface area contributed by atoms with E-state index in [0.29, 0.717) is 6.61 Å². The standard InChI is InChI=1S/C6H11O2P/c7-6-2-1-5(3-6)4-8-9/h1,6-7H,2-4,9H2. The minimum absolute atomic E-state index is 0.153. The summed E-state index contributed by atoms with van der Waals surface area (Å²) in [7, 11) is 2.20. The zero-order chi connectivity index (χ0) is 6.69. The van der Waals surface area contributed by atoms with Gasteiger partial charge in [0.1, 0.15) is 0 Å². The Labute approximate surface area is 57.2 Å². The maximum atomic E-state index is 9.01. The van der Waals surface area contributed by atoms with Gasteiger partial charge in [-0.2, -0.15) is 0 Å². The molecule has 0 aliphatic heterocycles. The van der Waals surface area contributed by atoms with Gasteiger partial charge in [0, 0.05) is 9.47 Å². The molecule has 0 aromatic heterocycles. The summed E-state index contributed by atoms with van der Waals surface area (Å²) in [6.45, 7) is 0.641. The lowest BCUT2D eigenvalue weighted by Crippen LogP contribution is -1.99. The van der Waals surface area contributed by atoms with E-state index in [9.17, 15) is 0 Å². The molecular weight excluding hydrogens is 135 g/mol. The monoisotopic (exact) mass is 146 g/mol. The predicted octanol–water partition coefficient (Wildman–Crippen LogP) is 0.874. The molecule has 0 radical (unpaired) electrons. The Morgan fingerprint density at radius 3 is 3.11 bits per heavy atom. The molecule has 52 valence electrons. The van der Waals surface area contributed by atoms with Crippen molar-refractivity contribution in [1.82, 2.24) is 0 Å². The van der Waals surface area contributed by atoms with Gasteiger partial charge in [0.2, 0.25) is 0 Å². The molecule has 0 spiro atoms. The maximum absolute atomic E-state index is 9.01. The molecule has 1 aliphatic carbocycles. The second kappa shape index (κ2) is 3.31. The minimum atomic E-state index is -0.153.